The van der Waals surface area contributed by atoms with E-state index in [0.717, 1.165) is 0 Å². The van der Waals surface area contributed by atoms with E-state index in [9.17, 15) is 24.5 Å². The van der Waals surface area contributed by atoms with Gasteiger partial charge in [0.15, 0.2) is 5.03 Å². The summed E-state index contributed by atoms with van der Waals surface area (Å²) in [4.78, 5) is 49.0. The molecule has 0 aliphatic carbocycles. The maximum absolute atomic E-state index is 12.0. The Balaban J connectivity index is 2.02. The van der Waals surface area contributed by atoms with Crippen molar-refractivity contribution < 1.29 is 24.5 Å². The number of carbonyl (C=O) groups is 3. The van der Waals surface area contributed by atoms with Crippen LogP contribution < -0.4 is 16.5 Å². The van der Waals surface area contributed by atoms with E-state index in [1.807, 2.05) is 0 Å². The maximum atomic E-state index is 12.0. The molecule has 12 heteroatoms. The standard InChI is InChI=1S/C13H14N6O6/c14-12(17-19(24)25)15-8-3-1-7(2-4-8)5-9-11(22)18(6-10(20)21)13(23)16-9/h1-4,9H,5-6H2,(H,16,23)(H,20,21)(H3,14,15,17). The van der Waals surface area contributed by atoms with Crippen molar-refractivity contribution in [3.63, 3.8) is 0 Å². The number of carboxylic acid groups (broad SMARTS) is 1. The summed E-state index contributed by atoms with van der Waals surface area (Å²) in [5.74, 6) is -2.29. The van der Waals surface area contributed by atoms with Crippen LogP contribution in [-0.2, 0) is 16.0 Å². The van der Waals surface area contributed by atoms with Crippen molar-refractivity contribution in [3.05, 3.63) is 39.9 Å². The number of aliphatic carboxylic acids is 1. The monoisotopic (exact) mass is 350 g/mol. The molecule has 0 radical (unpaired) electrons. The smallest absolute Gasteiger partial charge is 0.325 e. The number of nitrogens with two attached hydrogens (primary N) is 1. The zero-order chi connectivity index (χ0) is 18.6. The number of carboxylic acids is 1. The highest BCUT2D eigenvalue weighted by Crippen LogP contribution is 2.16. The molecule has 132 valence electrons. The molecule has 1 aromatic rings. The molecule has 12 nitrogen and oxygen atoms in total. The predicted molar refractivity (Wildman–Crippen MR) is 83.2 cm³/mol. The highest BCUT2D eigenvalue weighted by molar-refractivity contribution is 6.06. The summed E-state index contributed by atoms with van der Waals surface area (Å²) in [5, 5.41) is 20.5. The van der Waals surface area contributed by atoms with Gasteiger partial charge in [0, 0.05) is 6.42 Å². The van der Waals surface area contributed by atoms with Gasteiger partial charge in [0.2, 0.25) is 0 Å². The van der Waals surface area contributed by atoms with E-state index in [-0.39, 0.29) is 12.4 Å². The molecule has 1 aliphatic rings. The second-order valence-corrected chi connectivity index (χ2v) is 5.06. The minimum atomic E-state index is -1.28. The van der Waals surface area contributed by atoms with Gasteiger partial charge in [-0.05, 0) is 17.7 Å². The molecular formula is C13H14N6O6. The van der Waals surface area contributed by atoms with Crippen molar-refractivity contribution in [1.82, 2.24) is 15.6 Å². The molecular weight excluding hydrogens is 336 g/mol. The van der Waals surface area contributed by atoms with Crippen LogP contribution in [0.4, 0.5) is 10.5 Å². The van der Waals surface area contributed by atoms with E-state index in [1.165, 1.54) is 12.1 Å². The van der Waals surface area contributed by atoms with Crippen LogP contribution >= 0.6 is 0 Å². The van der Waals surface area contributed by atoms with E-state index in [2.05, 4.69) is 10.3 Å². The van der Waals surface area contributed by atoms with Gasteiger partial charge in [0.1, 0.15) is 12.6 Å². The number of urea groups is 1. The second-order valence-electron chi connectivity index (χ2n) is 5.06. The normalized spacial score (nSPS) is 17.4. The van der Waals surface area contributed by atoms with E-state index >= 15 is 0 Å². The summed E-state index contributed by atoms with van der Waals surface area (Å²) < 4.78 is 0. The van der Waals surface area contributed by atoms with Gasteiger partial charge < -0.3 is 16.2 Å². The minimum absolute atomic E-state index is 0.160. The molecule has 1 unspecified atom stereocenters. The SMILES string of the molecule is NC(=Nc1ccc(CC2NC(=O)N(CC(=O)O)C2=O)cc1)N[N+](=O)[O-]. The molecule has 5 N–H and O–H groups in total. The third-order valence-electron chi connectivity index (χ3n) is 3.23. The fraction of sp³-hybridized carbons (Fsp3) is 0.231. The molecule has 1 fully saturated rings. The molecule has 3 amide bonds. The fourth-order valence-corrected chi connectivity index (χ4v) is 2.20. The second kappa shape index (κ2) is 7.25. The van der Waals surface area contributed by atoms with Gasteiger partial charge in [-0.1, -0.05) is 17.6 Å². The first-order chi connectivity index (χ1) is 11.8. The minimum Gasteiger partial charge on any atom is -0.480 e. The summed E-state index contributed by atoms with van der Waals surface area (Å²) in [5.41, 5.74) is 8.05. The highest BCUT2D eigenvalue weighted by atomic mass is 16.7. The summed E-state index contributed by atoms with van der Waals surface area (Å²) in [6, 6.07) is 4.66. The molecule has 0 bridgehead atoms. The van der Waals surface area contributed by atoms with Crippen LogP contribution in [0.3, 0.4) is 0 Å². The van der Waals surface area contributed by atoms with Crippen molar-refractivity contribution in [3.8, 4) is 0 Å². The molecule has 1 atom stereocenters. The first-order valence-corrected chi connectivity index (χ1v) is 6.94. The van der Waals surface area contributed by atoms with Crippen LogP contribution in [0.5, 0.6) is 0 Å². The van der Waals surface area contributed by atoms with Crippen molar-refractivity contribution in [2.45, 2.75) is 12.5 Å². The van der Waals surface area contributed by atoms with E-state index < -0.39 is 35.5 Å². The molecule has 1 saturated heterocycles. The lowest BCUT2D eigenvalue weighted by Crippen LogP contribution is -2.36. The summed E-state index contributed by atoms with van der Waals surface area (Å²) in [6.07, 6.45) is 0.160. The average molecular weight is 350 g/mol. The number of amides is 3. The summed E-state index contributed by atoms with van der Waals surface area (Å²) in [7, 11) is 0. The van der Waals surface area contributed by atoms with Gasteiger partial charge in [0.25, 0.3) is 11.9 Å². The van der Waals surface area contributed by atoms with Crippen molar-refractivity contribution in [2.24, 2.45) is 10.7 Å². The number of guanidine groups is 1. The van der Waals surface area contributed by atoms with Crippen LogP contribution in [0.2, 0.25) is 0 Å². The lowest BCUT2D eigenvalue weighted by molar-refractivity contribution is -0.525. The van der Waals surface area contributed by atoms with Crippen LogP contribution in [0.1, 0.15) is 5.56 Å². The maximum Gasteiger partial charge on any atom is 0.325 e. The van der Waals surface area contributed by atoms with Gasteiger partial charge in [-0.25, -0.2) is 19.9 Å². The van der Waals surface area contributed by atoms with Crippen LogP contribution in [-0.4, -0.2) is 51.5 Å². The number of nitrogens with zero attached hydrogens (tertiary/aromatic N) is 3. The lowest BCUT2D eigenvalue weighted by atomic mass is 10.1. The number of imide groups is 1. The lowest BCUT2D eigenvalue weighted by Gasteiger charge is -2.10. The number of nitrogens with one attached hydrogen (secondary N) is 2. The molecule has 1 aliphatic heterocycles. The average Bonchev–Trinajstić information content (AvgIpc) is 2.75. The van der Waals surface area contributed by atoms with E-state index in [0.29, 0.717) is 16.2 Å². The number of rotatable bonds is 6. The molecule has 0 saturated carbocycles. The molecule has 1 aromatic carbocycles. The number of hydrazine groups is 1. The highest BCUT2D eigenvalue weighted by Gasteiger charge is 2.38. The Morgan fingerprint density at radius 2 is 2.04 bits per heavy atom. The largest absolute Gasteiger partial charge is 0.480 e. The first kappa shape index (κ1) is 17.7. The van der Waals surface area contributed by atoms with Gasteiger partial charge in [-0.2, -0.15) is 0 Å². The summed E-state index contributed by atoms with van der Waals surface area (Å²) >= 11 is 0. The van der Waals surface area contributed by atoms with E-state index in [4.69, 9.17) is 10.8 Å². The van der Waals surface area contributed by atoms with Gasteiger partial charge in [-0.15, -0.1) is 0 Å². The van der Waals surface area contributed by atoms with Crippen molar-refractivity contribution in [1.29, 1.82) is 0 Å². The van der Waals surface area contributed by atoms with Gasteiger partial charge >= 0.3 is 12.0 Å². The third-order valence-corrected chi connectivity index (χ3v) is 3.23. The van der Waals surface area contributed by atoms with Crippen molar-refractivity contribution >= 4 is 29.6 Å². The molecule has 0 aromatic heterocycles. The number of nitro groups is 1. The zero-order valence-electron chi connectivity index (χ0n) is 12.7. The Morgan fingerprint density at radius 1 is 1.40 bits per heavy atom. The number of carbonyl (C=O) groups excluding carboxylic acids is 2. The summed E-state index contributed by atoms with van der Waals surface area (Å²) in [6.45, 7) is -0.697. The Hall–Kier alpha value is -3.70. The Kier molecular flexibility index (Phi) is 5.12. The molecule has 0 spiro atoms. The van der Waals surface area contributed by atoms with Gasteiger partial charge in [0.05, 0.1) is 5.69 Å². The van der Waals surface area contributed by atoms with Crippen LogP contribution in [0, 0.1) is 10.1 Å². The fourth-order valence-electron chi connectivity index (χ4n) is 2.20. The molecule has 25 heavy (non-hydrogen) atoms. The molecule has 1 heterocycles. The quantitative estimate of drug-likeness (QED) is 0.165. The predicted octanol–water partition coefficient (Wildman–Crippen LogP) is -1.04. The first-order valence-electron chi connectivity index (χ1n) is 6.94. The van der Waals surface area contributed by atoms with Crippen LogP contribution in [0.15, 0.2) is 29.3 Å². The zero-order valence-corrected chi connectivity index (χ0v) is 12.7. The topological polar surface area (TPSA) is 180 Å². The Labute approximate surface area is 140 Å². The number of hydrogen-bond donors (Lipinski definition) is 4. The van der Waals surface area contributed by atoms with Gasteiger partial charge in [-0.3, -0.25) is 14.5 Å². The molecule has 2 rings (SSSR count). The van der Waals surface area contributed by atoms with Crippen molar-refractivity contribution in [2.75, 3.05) is 6.54 Å². The number of benzene rings is 1. The third kappa shape index (κ3) is 4.63. The number of hydrogen-bond acceptors (Lipinski definition) is 6. The van der Waals surface area contributed by atoms with E-state index in [1.54, 1.807) is 17.6 Å². The Bertz CT molecular complexity index is 746. The number of aliphatic imine (C=N–C) groups is 1. The Morgan fingerprint density at radius 3 is 2.60 bits per heavy atom. The van der Waals surface area contributed by atoms with Crippen LogP contribution in [0.25, 0.3) is 0 Å².